The van der Waals surface area contributed by atoms with Gasteiger partial charge >= 0.3 is 0 Å². The highest BCUT2D eigenvalue weighted by Gasteiger charge is 2.25. The van der Waals surface area contributed by atoms with E-state index in [0.29, 0.717) is 11.5 Å². The molecule has 0 radical (unpaired) electrons. The molecule has 1 aliphatic carbocycles. The molecule has 30 heavy (non-hydrogen) atoms. The number of para-hydroxylation sites is 1. The van der Waals surface area contributed by atoms with Gasteiger partial charge in [0.2, 0.25) is 0 Å². The quantitative estimate of drug-likeness (QED) is 0.545. The van der Waals surface area contributed by atoms with E-state index in [-0.39, 0.29) is 23.6 Å². The van der Waals surface area contributed by atoms with Crippen molar-refractivity contribution < 1.29 is 9.59 Å². The van der Waals surface area contributed by atoms with Gasteiger partial charge in [-0.2, -0.15) is 0 Å². The Bertz CT molecular complexity index is 1070. The summed E-state index contributed by atoms with van der Waals surface area (Å²) in [7, 11) is 0. The van der Waals surface area contributed by atoms with Crippen LogP contribution in [0.4, 0.5) is 0 Å². The van der Waals surface area contributed by atoms with Gasteiger partial charge in [0, 0.05) is 34.3 Å². The second-order valence-corrected chi connectivity index (χ2v) is 8.01. The van der Waals surface area contributed by atoms with Gasteiger partial charge in [-0.05, 0) is 43.0 Å². The highest BCUT2D eigenvalue weighted by atomic mass is 16.2. The smallest absolute Gasteiger partial charge is 0.268 e. The molecule has 1 heterocycles. The van der Waals surface area contributed by atoms with Crippen LogP contribution in [0.1, 0.15) is 48.5 Å². The summed E-state index contributed by atoms with van der Waals surface area (Å²) in [5.41, 5.74) is 2.62. The van der Waals surface area contributed by atoms with Crippen LogP contribution in [0.5, 0.6) is 0 Å². The van der Waals surface area contributed by atoms with E-state index in [1.807, 2.05) is 48.7 Å². The van der Waals surface area contributed by atoms with Gasteiger partial charge in [-0.25, -0.2) is 0 Å². The van der Waals surface area contributed by atoms with Crippen molar-refractivity contribution in [3.8, 4) is 0 Å². The molecule has 2 aromatic carbocycles. The molecule has 0 saturated heterocycles. The zero-order valence-corrected chi connectivity index (χ0v) is 17.2. The third-order valence-electron chi connectivity index (χ3n) is 5.88. The fraction of sp³-hybridized carbons (Fsp3) is 0.280. The Hall–Kier alpha value is -3.34. The monoisotopic (exact) mass is 401 g/mol. The van der Waals surface area contributed by atoms with Crippen LogP contribution < -0.4 is 10.6 Å². The fourth-order valence-corrected chi connectivity index (χ4v) is 4.09. The summed E-state index contributed by atoms with van der Waals surface area (Å²) in [6.07, 6.45) is 8.02. The molecule has 5 heteroatoms. The van der Waals surface area contributed by atoms with E-state index >= 15 is 0 Å². The van der Waals surface area contributed by atoms with Crippen LogP contribution in [0, 0.1) is 5.92 Å². The standard InChI is InChI=1S/C25H27N3O2/c1-17-9-5-7-13-21(17)27-25(30)23(28-24(29)18-10-3-2-4-11-18)15-19-16-26-22-14-8-6-12-20(19)22/h2-4,6,8,10-12,14-17,21,26H,5,7,9,13H2,1H3,(H,27,30)(H,28,29)/b23-15+/t17-,21+/m0/s1. The molecule has 1 fully saturated rings. The third kappa shape index (κ3) is 4.46. The molecule has 1 aromatic heterocycles. The summed E-state index contributed by atoms with van der Waals surface area (Å²) in [5, 5.41) is 6.99. The minimum atomic E-state index is -0.298. The van der Waals surface area contributed by atoms with Crippen LogP contribution >= 0.6 is 0 Å². The Kier molecular flexibility index (Phi) is 5.98. The number of H-pyrrole nitrogens is 1. The normalized spacial score (nSPS) is 19.4. The molecule has 0 bridgehead atoms. The zero-order valence-electron chi connectivity index (χ0n) is 17.2. The molecule has 3 N–H and O–H groups in total. The van der Waals surface area contributed by atoms with Crippen molar-refractivity contribution in [2.45, 2.75) is 38.6 Å². The highest BCUT2D eigenvalue weighted by Crippen LogP contribution is 2.24. The molecule has 4 rings (SSSR count). The molecule has 0 unspecified atom stereocenters. The van der Waals surface area contributed by atoms with E-state index in [0.717, 1.165) is 35.7 Å². The molecule has 1 saturated carbocycles. The van der Waals surface area contributed by atoms with Crippen LogP contribution in [-0.2, 0) is 4.79 Å². The minimum absolute atomic E-state index is 0.131. The largest absolute Gasteiger partial charge is 0.361 e. The Balaban J connectivity index is 1.63. The SMILES string of the molecule is C[C@H]1CCCC[C@H]1NC(=O)/C(=C\c1c[nH]c2ccccc12)NC(=O)c1ccccc1. The highest BCUT2D eigenvalue weighted by molar-refractivity contribution is 6.06. The summed E-state index contributed by atoms with van der Waals surface area (Å²) in [6, 6.07) is 17.0. The van der Waals surface area contributed by atoms with Crippen LogP contribution in [-0.4, -0.2) is 22.8 Å². The van der Waals surface area contributed by atoms with Crippen LogP contribution in [0.15, 0.2) is 66.5 Å². The van der Waals surface area contributed by atoms with Crippen LogP contribution in [0.3, 0.4) is 0 Å². The molecule has 0 spiro atoms. The van der Waals surface area contributed by atoms with E-state index in [1.165, 1.54) is 6.42 Å². The number of carbonyl (C=O) groups is 2. The Labute approximate surface area is 176 Å². The zero-order chi connectivity index (χ0) is 20.9. The summed E-state index contributed by atoms with van der Waals surface area (Å²) in [4.78, 5) is 29.2. The maximum atomic E-state index is 13.2. The van der Waals surface area contributed by atoms with Gasteiger partial charge in [0.1, 0.15) is 5.70 Å². The number of hydrogen-bond donors (Lipinski definition) is 3. The maximum Gasteiger partial charge on any atom is 0.268 e. The van der Waals surface area contributed by atoms with Crippen LogP contribution in [0.2, 0.25) is 0 Å². The Morgan fingerprint density at radius 2 is 1.73 bits per heavy atom. The topological polar surface area (TPSA) is 74.0 Å². The van der Waals surface area contributed by atoms with Gasteiger partial charge in [0.05, 0.1) is 0 Å². The number of aromatic nitrogens is 1. The van der Waals surface area contributed by atoms with Gasteiger partial charge in [-0.15, -0.1) is 0 Å². The lowest BCUT2D eigenvalue weighted by Crippen LogP contribution is -2.44. The number of aromatic amines is 1. The first-order chi connectivity index (χ1) is 14.6. The van der Waals surface area contributed by atoms with Crippen molar-refractivity contribution in [3.05, 3.63) is 77.6 Å². The summed E-state index contributed by atoms with van der Waals surface area (Å²) in [6.45, 7) is 2.18. The van der Waals surface area contributed by atoms with Gasteiger partial charge in [0.15, 0.2) is 0 Å². The lowest BCUT2D eigenvalue weighted by atomic mass is 9.86. The predicted molar refractivity (Wildman–Crippen MR) is 120 cm³/mol. The lowest BCUT2D eigenvalue weighted by molar-refractivity contribution is -0.119. The summed E-state index contributed by atoms with van der Waals surface area (Å²) >= 11 is 0. The first-order valence-electron chi connectivity index (χ1n) is 10.6. The molecule has 5 nitrogen and oxygen atoms in total. The fourth-order valence-electron chi connectivity index (χ4n) is 4.09. The van der Waals surface area contributed by atoms with Gasteiger partial charge < -0.3 is 15.6 Å². The van der Waals surface area contributed by atoms with Gasteiger partial charge in [-0.1, -0.05) is 56.2 Å². The number of rotatable bonds is 5. The predicted octanol–water partition coefficient (Wildman–Crippen LogP) is 4.63. The molecule has 3 aromatic rings. The first kappa shape index (κ1) is 20.0. The first-order valence-corrected chi connectivity index (χ1v) is 10.6. The molecular weight excluding hydrogens is 374 g/mol. The van der Waals surface area contributed by atoms with Crippen molar-refractivity contribution in [1.82, 2.24) is 15.6 Å². The van der Waals surface area contributed by atoms with E-state index in [2.05, 4.69) is 22.5 Å². The van der Waals surface area contributed by atoms with E-state index in [1.54, 1.807) is 18.2 Å². The number of hydrogen-bond acceptors (Lipinski definition) is 2. The second-order valence-electron chi connectivity index (χ2n) is 8.01. The van der Waals surface area contributed by atoms with E-state index in [9.17, 15) is 9.59 Å². The van der Waals surface area contributed by atoms with E-state index in [4.69, 9.17) is 0 Å². The summed E-state index contributed by atoms with van der Waals surface area (Å²) < 4.78 is 0. The van der Waals surface area contributed by atoms with Crippen molar-refractivity contribution in [2.75, 3.05) is 0 Å². The number of carbonyl (C=O) groups excluding carboxylic acids is 2. The molecule has 1 aliphatic rings. The molecule has 154 valence electrons. The number of fused-ring (bicyclic) bond motifs is 1. The maximum absolute atomic E-state index is 13.2. The van der Waals surface area contributed by atoms with E-state index < -0.39 is 0 Å². The number of nitrogens with one attached hydrogen (secondary N) is 3. The second kappa shape index (κ2) is 8.99. The molecule has 0 aliphatic heterocycles. The van der Waals surface area contributed by atoms with Crippen LogP contribution in [0.25, 0.3) is 17.0 Å². The molecule has 2 amide bonds. The van der Waals surface area contributed by atoms with Crippen molar-refractivity contribution in [2.24, 2.45) is 5.92 Å². The van der Waals surface area contributed by atoms with Crippen molar-refractivity contribution in [3.63, 3.8) is 0 Å². The third-order valence-corrected chi connectivity index (χ3v) is 5.88. The van der Waals surface area contributed by atoms with Crippen molar-refractivity contribution >= 4 is 28.8 Å². The molecule has 2 atom stereocenters. The Morgan fingerprint density at radius 3 is 2.53 bits per heavy atom. The van der Waals surface area contributed by atoms with Gasteiger partial charge in [-0.3, -0.25) is 9.59 Å². The number of benzene rings is 2. The average molecular weight is 402 g/mol. The van der Waals surface area contributed by atoms with Crippen molar-refractivity contribution in [1.29, 1.82) is 0 Å². The summed E-state index contributed by atoms with van der Waals surface area (Å²) in [5.74, 6) is -0.112. The minimum Gasteiger partial charge on any atom is -0.361 e. The average Bonchev–Trinajstić information content (AvgIpc) is 3.18. The number of amides is 2. The van der Waals surface area contributed by atoms with Gasteiger partial charge in [0.25, 0.3) is 11.8 Å². The Morgan fingerprint density at radius 1 is 1.00 bits per heavy atom. The molecular formula is C25H27N3O2. The lowest BCUT2D eigenvalue weighted by Gasteiger charge is -2.29.